The van der Waals surface area contributed by atoms with Crippen LogP contribution in [0.15, 0.2) is 53.7 Å². The van der Waals surface area contributed by atoms with E-state index in [2.05, 4.69) is 53.6 Å². The zero-order chi connectivity index (χ0) is 20.1. The van der Waals surface area contributed by atoms with Gasteiger partial charge < -0.3 is 5.32 Å². The van der Waals surface area contributed by atoms with Gasteiger partial charge in [0.25, 0.3) is 0 Å². The molecule has 0 spiro atoms. The summed E-state index contributed by atoms with van der Waals surface area (Å²) in [6.07, 6.45) is 0. The number of carbonyl (C=O) groups is 1. The topological polar surface area (TPSA) is 67.8 Å². The lowest BCUT2D eigenvalue weighted by Crippen LogP contribution is -2.31. The summed E-state index contributed by atoms with van der Waals surface area (Å²) in [6, 6.07) is 16.5. The highest BCUT2D eigenvalue weighted by molar-refractivity contribution is 7.99. The number of hydrogen-bond donors (Lipinski definition) is 1. The summed E-state index contributed by atoms with van der Waals surface area (Å²) in [4.78, 5) is 16.7. The number of nitrogens with zero attached hydrogens (tertiary/aromatic N) is 3. The number of rotatable bonds is 6. The van der Waals surface area contributed by atoms with Crippen molar-refractivity contribution in [2.75, 3.05) is 5.75 Å². The summed E-state index contributed by atoms with van der Waals surface area (Å²) in [6.45, 7) is 7.98. The average Bonchev–Trinajstić information content (AvgIpc) is 2.67. The molecule has 28 heavy (non-hydrogen) atoms. The second kappa shape index (κ2) is 8.97. The molecular formula is C22H24N4OS. The lowest BCUT2D eigenvalue weighted by molar-refractivity contribution is -0.119. The van der Waals surface area contributed by atoms with E-state index in [-0.39, 0.29) is 17.7 Å². The second-order valence-electron chi connectivity index (χ2n) is 7.03. The molecule has 0 radical (unpaired) electrons. The summed E-state index contributed by atoms with van der Waals surface area (Å²) >= 11 is 1.29. The third-order valence-electron chi connectivity index (χ3n) is 4.10. The van der Waals surface area contributed by atoms with E-state index in [1.165, 1.54) is 22.9 Å². The van der Waals surface area contributed by atoms with Crippen molar-refractivity contribution < 1.29 is 4.79 Å². The van der Waals surface area contributed by atoms with Crippen molar-refractivity contribution in [1.29, 1.82) is 0 Å². The fourth-order valence-corrected chi connectivity index (χ4v) is 3.28. The molecule has 6 heteroatoms. The fraction of sp³-hybridized carbons (Fsp3) is 0.273. The predicted molar refractivity (Wildman–Crippen MR) is 114 cm³/mol. The Hall–Kier alpha value is -2.73. The van der Waals surface area contributed by atoms with Crippen LogP contribution >= 0.6 is 11.8 Å². The minimum atomic E-state index is -0.0388. The quantitative estimate of drug-likeness (QED) is 0.628. The van der Waals surface area contributed by atoms with Gasteiger partial charge in [-0.15, -0.1) is 10.2 Å². The number of aromatic nitrogens is 3. The van der Waals surface area contributed by atoms with E-state index in [1.807, 2.05) is 38.1 Å². The van der Waals surface area contributed by atoms with Gasteiger partial charge in [-0.05, 0) is 27.7 Å². The summed E-state index contributed by atoms with van der Waals surface area (Å²) in [5.74, 6) is 0.222. The van der Waals surface area contributed by atoms with Crippen LogP contribution in [-0.4, -0.2) is 32.9 Å². The van der Waals surface area contributed by atoms with E-state index in [0.717, 1.165) is 22.5 Å². The molecule has 144 valence electrons. The molecule has 3 rings (SSSR count). The molecule has 0 atom stereocenters. The van der Waals surface area contributed by atoms with Crippen LogP contribution in [0.25, 0.3) is 22.5 Å². The van der Waals surface area contributed by atoms with E-state index in [4.69, 9.17) is 4.98 Å². The molecule has 0 saturated heterocycles. The van der Waals surface area contributed by atoms with Crippen molar-refractivity contribution in [1.82, 2.24) is 20.5 Å². The van der Waals surface area contributed by atoms with Crippen molar-refractivity contribution in [2.24, 2.45) is 0 Å². The molecule has 0 unspecified atom stereocenters. The fourth-order valence-electron chi connectivity index (χ4n) is 2.68. The van der Waals surface area contributed by atoms with Crippen LogP contribution in [0.3, 0.4) is 0 Å². The molecule has 1 N–H and O–H groups in total. The molecule has 0 aliphatic rings. The third kappa shape index (κ3) is 5.16. The van der Waals surface area contributed by atoms with Gasteiger partial charge in [-0.1, -0.05) is 71.4 Å². The molecule has 1 amide bonds. The van der Waals surface area contributed by atoms with Gasteiger partial charge in [0.1, 0.15) is 11.4 Å². The maximum atomic E-state index is 11.9. The van der Waals surface area contributed by atoms with Crippen LogP contribution in [-0.2, 0) is 4.79 Å². The smallest absolute Gasteiger partial charge is 0.230 e. The van der Waals surface area contributed by atoms with E-state index in [0.29, 0.717) is 5.16 Å². The average molecular weight is 393 g/mol. The van der Waals surface area contributed by atoms with Crippen LogP contribution in [0.5, 0.6) is 0 Å². The highest BCUT2D eigenvalue weighted by Gasteiger charge is 2.15. The highest BCUT2D eigenvalue weighted by Crippen LogP contribution is 2.30. The Labute approximate surface area is 170 Å². The van der Waals surface area contributed by atoms with Crippen LogP contribution in [0.4, 0.5) is 0 Å². The molecule has 1 heterocycles. The molecule has 0 fully saturated rings. The molecule has 0 bridgehead atoms. The molecule has 2 aromatic carbocycles. The standard InChI is InChI=1S/C22H24N4OS/c1-14(2)23-19(27)13-28-22-24-20(17-9-5-15(3)6-10-17)21(25-26-22)18-11-7-16(4)8-12-18/h5-12,14H,13H2,1-4H3,(H,23,27). The first kappa shape index (κ1) is 20.0. The Kier molecular flexibility index (Phi) is 6.41. The van der Waals surface area contributed by atoms with Gasteiger partial charge in [-0.2, -0.15) is 0 Å². The van der Waals surface area contributed by atoms with Gasteiger partial charge in [-0.3, -0.25) is 4.79 Å². The number of amides is 1. The molecule has 1 aromatic heterocycles. The zero-order valence-corrected chi connectivity index (χ0v) is 17.4. The van der Waals surface area contributed by atoms with Crippen LogP contribution < -0.4 is 5.32 Å². The van der Waals surface area contributed by atoms with Gasteiger partial charge in [0.2, 0.25) is 11.1 Å². The van der Waals surface area contributed by atoms with Crippen molar-refractivity contribution in [3.05, 3.63) is 59.7 Å². The van der Waals surface area contributed by atoms with Gasteiger partial charge >= 0.3 is 0 Å². The lowest BCUT2D eigenvalue weighted by Gasteiger charge is -2.11. The zero-order valence-electron chi connectivity index (χ0n) is 16.6. The second-order valence-corrected chi connectivity index (χ2v) is 7.98. The number of thioether (sulfide) groups is 1. The molecule has 3 aromatic rings. The van der Waals surface area contributed by atoms with Crippen molar-refractivity contribution in [3.63, 3.8) is 0 Å². The maximum absolute atomic E-state index is 11.9. The largest absolute Gasteiger partial charge is 0.353 e. The van der Waals surface area contributed by atoms with Crippen LogP contribution in [0, 0.1) is 13.8 Å². The number of carbonyl (C=O) groups excluding carboxylic acids is 1. The van der Waals surface area contributed by atoms with Gasteiger partial charge in [0.05, 0.1) is 5.75 Å². The maximum Gasteiger partial charge on any atom is 0.230 e. The summed E-state index contributed by atoms with van der Waals surface area (Å²) in [5.41, 5.74) is 5.82. The normalized spacial score (nSPS) is 10.9. The SMILES string of the molecule is Cc1ccc(-c2nnc(SCC(=O)NC(C)C)nc2-c2ccc(C)cc2)cc1. The third-order valence-corrected chi connectivity index (χ3v) is 4.94. The van der Waals surface area contributed by atoms with Crippen LogP contribution in [0.2, 0.25) is 0 Å². The first-order valence-electron chi connectivity index (χ1n) is 9.23. The highest BCUT2D eigenvalue weighted by atomic mass is 32.2. The predicted octanol–water partition coefficient (Wildman–Crippen LogP) is 4.44. The van der Waals surface area contributed by atoms with Crippen LogP contribution in [0.1, 0.15) is 25.0 Å². The summed E-state index contributed by atoms with van der Waals surface area (Å²) < 4.78 is 0. The molecular weight excluding hydrogens is 368 g/mol. The summed E-state index contributed by atoms with van der Waals surface area (Å²) in [7, 11) is 0. The van der Waals surface area contributed by atoms with Gasteiger partial charge in [0, 0.05) is 17.2 Å². The van der Waals surface area contributed by atoms with E-state index in [9.17, 15) is 4.79 Å². The van der Waals surface area contributed by atoms with Crippen molar-refractivity contribution in [3.8, 4) is 22.5 Å². The molecule has 0 aliphatic heterocycles. The number of hydrogen-bond acceptors (Lipinski definition) is 5. The lowest BCUT2D eigenvalue weighted by atomic mass is 10.0. The number of benzene rings is 2. The molecule has 5 nitrogen and oxygen atoms in total. The Morgan fingerprint density at radius 3 is 1.96 bits per heavy atom. The Bertz CT molecular complexity index is 953. The Morgan fingerprint density at radius 2 is 1.43 bits per heavy atom. The molecule has 0 saturated carbocycles. The van der Waals surface area contributed by atoms with Gasteiger partial charge in [-0.25, -0.2) is 4.98 Å². The van der Waals surface area contributed by atoms with Crippen molar-refractivity contribution >= 4 is 17.7 Å². The minimum Gasteiger partial charge on any atom is -0.353 e. The van der Waals surface area contributed by atoms with Gasteiger partial charge in [0.15, 0.2) is 0 Å². The molecule has 0 aliphatic carbocycles. The Balaban J connectivity index is 1.95. The first-order valence-corrected chi connectivity index (χ1v) is 10.2. The summed E-state index contributed by atoms with van der Waals surface area (Å²) in [5, 5.41) is 12.1. The van der Waals surface area contributed by atoms with E-state index < -0.39 is 0 Å². The number of nitrogens with one attached hydrogen (secondary N) is 1. The number of aryl methyl sites for hydroxylation is 2. The monoisotopic (exact) mass is 392 g/mol. The van der Waals surface area contributed by atoms with E-state index >= 15 is 0 Å². The minimum absolute atomic E-state index is 0.0388. The van der Waals surface area contributed by atoms with E-state index in [1.54, 1.807) is 0 Å². The van der Waals surface area contributed by atoms with Crippen molar-refractivity contribution in [2.45, 2.75) is 38.9 Å². The Morgan fingerprint density at radius 1 is 0.893 bits per heavy atom. The first-order chi connectivity index (χ1) is 13.4.